The van der Waals surface area contributed by atoms with E-state index < -0.39 is 0 Å². The van der Waals surface area contributed by atoms with E-state index >= 15 is 0 Å². The smallest absolute Gasteiger partial charge is 0.0801 e. The fraction of sp³-hybridized carbons (Fsp3) is 0.692. The summed E-state index contributed by atoms with van der Waals surface area (Å²) in [6.07, 6.45) is 2.84. The van der Waals surface area contributed by atoms with Crippen molar-refractivity contribution in [3.8, 4) is 0 Å². The minimum absolute atomic E-state index is 0.00935. The molecule has 1 aliphatic carbocycles. The summed E-state index contributed by atoms with van der Waals surface area (Å²) >= 11 is 0. The molecule has 0 heterocycles. The number of aliphatic hydroxyl groups is 1. The van der Waals surface area contributed by atoms with Crippen molar-refractivity contribution in [3.05, 3.63) is 23.3 Å². The molecule has 0 radical (unpaired) electrons. The van der Waals surface area contributed by atoms with Crippen molar-refractivity contribution in [1.29, 1.82) is 0 Å². The largest absolute Gasteiger partial charge is 0.388 e. The van der Waals surface area contributed by atoms with E-state index in [4.69, 9.17) is 0 Å². The van der Waals surface area contributed by atoms with Crippen molar-refractivity contribution >= 4 is 0 Å². The molecule has 1 rings (SSSR count). The molecule has 1 heteroatoms. The quantitative estimate of drug-likeness (QED) is 0.667. The van der Waals surface area contributed by atoms with Gasteiger partial charge in [-0.05, 0) is 40.0 Å². The van der Waals surface area contributed by atoms with Gasteiger partial charge in [0.2, 0.25) is 0 Å². The lowest BCUT2D eigenvalue weighted by Gasteiger charge is -2.39. The zero-order chi connectivity index (χ0) is 10.9. The standard InChI is InChI=1S/C13H22O/c1-9(2)12(14)13(5)7-6-10(3)11(4)8-13/h12,14H,1,6-8H2,2-5H3. The van der Waals surface area contributed by atoms with Crippen LogP contribution in [0.1, 0.15) is 47.0 Å². The molecular formula is C13H22O. The molecule has 2 atom stereocenters. The second-order valence-electron chi connectivity index (χ2n) is 5.14. The van der Waals surface area contributed by atoms with Gasteiger partial charge in [0, 0.05) is 5.41 Å². The highest BCUT2D eigenvalue weighted by Gasteiger charge is 2.35. The molecule has 0 saturated carbocycles. The van der Waals surface area contributed by atoms with Gasteiger partial charge in [-0.2, -0.15) is 0 Å². The van der Waals surface area contributed by atoms with Crippen molar-refractivity contribution in [1.82, 2.24) is 0 Å². The molecule has 80 valence electrons. The minimum atomic E-state index is -0.356. The zero-order valence-corrected chi connectivity index (χ0v) is 9.85. The summed E-state index contributed by atoms with van der Waals surface area (Å²) in [6, 6.07) is 0. The van der Waals surface area contributed by atoms with Gasteiger partial charge in [0.05, 0.1) is 6.10 Å². The van der Waals surface area contributed by atoms with Crippen LogP contribution in [0.3, 0.4) is 0 Å². The molecule has 0 saturated heterocycles. The molecular weight excluding hydrogens is 172 g/mol. The average molecular weight is 194 g/mol. The Morgan fingerprint density at radius 1 is 1.43 bits per heavy atom. The van der Waals surface area contributed by atoms with Crippen LogP contribution in [0.25, 0.3) is 0 Å². The molecule has 2 unspecified atom stereocenters. The van der Waals surface area contributed by atoms with Crippen LogP contribution in [0.5, 0.6) is 0 Å². The van der Waals surface area contributed by atoms with E-state index in [1.165, 1.54) is 11.1 Å². The molecule has 1 nitrogen and oxygen atoms in total. The summed E-state index contributed by atoms with van der Waals surface area (Å²) in [5.74, 6) is 0. The first-order valence-electron chi connectivity index (χ1n) is 5.35. The van der Waals surface area contributed by atoms with Crippen molar-refractivity contribution < 1.29 is 5.11 Å². The third-order valence-corrected chi connectivity index (χ3v) is 3.60. The van der Waals surface area contributed by atoms with E-state index in [0.717, 1.165) is 24.8 Å². The third kappa shape index (κ3) is 2.09. The molecule has 0 spiro atoms. The maximum atomic E-state index is 10.1. The number of aliphatic hydroxyl groups excluding tert-OH is 1. The molecule has 0 bridgehead atoms. The van der Waals surface area contributed by atoms with Gasteiger partial charge in [-0.15, -0.1) is 0 Å². The van der Waals surface area contributed by atoms with Gasteiger partial charge in [0.15, 0.2) is 0 Å². The Kier molecular flexibility index (Phi) is 3.20. The van der Waals surface area contributed by atoms with Gasteiger partial charge in [-0.1, -0.05) is 30.2 Å². The van der Waals surface area contributed by atoms with E-state index in [0.29, 0.717) is 0 Å². The van der Waals surface area contributed by atoms with Gasteiger partial charge >= 0.3 is 0 Å². The topological polar surface area (TPSA) is 20.2 Å². The van der Waals surface area contributed by atoms with E-state index in [1.807, 2.05) is 6.92 Å². The van der Waals surface area contributed by atoms with Gasteiger partial charge in [0.1, 0.15) is 0 Å². The Bertz CT molecular complexity index is 275. The molecule has 0 aliphatic heterocycles. The fourth-order valence-electron chi connectivity index (χ4n) is 2.36. The van der Waals surface area contributed by atoms with Crippen LogP contribution in [-0.4, -0.2) is 11.2 Å². The molecule has 14 heavy (non-hydrogen) atoms. The fourth-order valence-corrected chi connectivity index (χ4v) is 2.36. The molecule has 0 amide bonds. The lowest BCUT2D eigenvalue weighted by molar-refractivity contribution is 0.0553. The highest BCUT2D eigenvalue weighted by Crippen LogP contribution is 2.42. The van der Waals surface area contributed by atoms with Gasteiger partial charge in [0.25, 0.3) is 0 Å². The first-order chi connectivity index (χ1) is 6.37. The average Bonchev–Trinajstić information content (AvgIpc) is 2.11. The van der Waals surface area contributed by atoms with Crippen LogP contribution >= 0.6 is 0 Å². The highest BCUT2D eigenvalue weighted by atomic mass is 16.3. The number of hydrogen-bond acceptors (Lipinski definition) is 1. The normalized spacial score (nSPS) is 30.4. The van der Waals surface area contributed by atoms with Crippen molar-refractivity contribution in [2.45, 2.75) is 53.1 Å². The monoisotopic (exact) mass is 194 g/mol. The lowest BCUT2D eigenvalue weighted by Crippen LogP contribution is -2.35. The second-order valence-corrected chi connectivity index (χ2v) is 5.14. The Labute approximate surface area is 87.5 Å². The summed E-state index contributed by atoms with van der Waals surface area (Å²) in [6.45, 7) is 12.3. The Balaban J connectivity index is 2.84. The van der Waals surface area contributed by atoms with Crippen molar-refractivity contribution in [2.24, 2.45) is 5.41 Å². The van der Waals surface area contributed by atoms with Crippen LogP contribution in [0.15, 0.2) is 23.3 Å². The van der Waals surface area contributed by atoms with E-state index in [1.54, 1.807) is 0 Å². The Morgan fingerprint density at radius 2 is 2.00 bits per heavy atom. The number of rotatable bonds is 2. The Hall–Kier alpha value is -0.560. The van der Waals surface area contributed by atoms with Gasteiger partial charge < -0.3 is 5.11 Å². The molecule has 0 aromatic heterocycles. The number of allylic oxidation sites excluding steroid dienone is 2. The first kappa shape index (κ1) is 11.5. The molecule has 0 aromatic carbocycles. The maximum Gasteiger partial charge on any atom is 0.0801 e. The number of hydrogen-bond donors (Lipinski definition) is 1. The van der Waals surface area contributed by atoms with Crippen LogP contribution in [0, 0.1) is 5.41 Å². The summed E-state index contributed by atoms with van der Waals surface area (Å²) in [4.78, 5) is 0. The van der Waals surface area contributed by atoms with Gasteiger partial charge in [-0.3, -0.25) is 0 Å². The maximum absolute atomic E-state index is 10.1. The molecule has 0 fully saturated rings. The lowest BCUT2D eigenvalue weighted by atomic mass is 9.68. The highest BCUT2D eigenvalue weighted by molar-refractivity contribution is 5.19. The predicted octanol–water partition coefficient (Wildman–Crippen LogP) is 3.45. The molecule has 1 aliphatic rings. The van der Waals surface area contributed by atoms with E-state index in [2.05, 4.69) is 27.4 Å². The van der Waals surface area contributed by atoms with Crippen LogP contribution in [-0.2, 0) is 0 Å². The molecule has 1 N–H and O–H groups in total. The van der Waals surface area contributed by atoms with Crippen LogP contribution in [0.2, 0.25) is 0 Å². The SMILES string of the molecule is C=C(C)C(O)C1(C)CCC(C)=C(C)C1. The van der Waals surface area contributed by atoms with Crippen LogP contribution in [0.4, 0.5) is 0 Å². The van der Waals surface area contributed by atoms with E-state index in [-0.39, 0.29) is 11.5 Å². The Morgan fingerprint density at radius 3 is 2.43 bits per heavy atom. The summed E-state index contributed by atoms with van der Waals surface area (Å²) in [5, 5.41) is 10.1. The van der Waals surface area contributed by atoms with Gasteiger partial charge in [-0.25, -0.2) is 0 Å². The van der Waals surface area contributed by atoms with Crippen molar-refractivity contribution in [2.75, 3.05) is 0 Å². The predicted molar refractivity (Wildman–Crippen MR) is 61.2 cm³/mol. The second kappa shape index (κ2) is 3.90. The summed E-state index contributed by atoms with van der Waals surface area (Å²) in [7, 11) is 0. The van der Waals surface area contributed by atoms with E-state index in [9.17, 15) is 5.11 Å². The van der Waals surface area contributed by atoms with Crippen molar-refractivity contribution in [3.63, 3.8) is 0 Å². The summed E-state index contributed by atoms with van der Waals surface area (Å²) < 4.78 is 0. The molecule has 0 aromatic rings. The van der Waals surface area contributed by atoms with Crippen LogP contribution < -0.4 is 0 Å². The third-order valence-electron chi connectivity index (χ3n) is 3.60. The summed E-state index contributed by atoms with van der Waals surface area (Å²) in [5.41, 5.74) is 3.84. The first-order valence-corrected chi connectivity index (χ1v) is 5.35. The zero-order valence-electron chi connectivity index (χ0n) is 9.85. The minimum Gasteiger partial charge on any atom is -0.388 e.